The summed E-state index contributed by atoms with van der Waals surface area (Å²) in [7, 11) is 3.49. The molecular weight excluding hydrogens is 480 g/mol. The molecule has 180 valence electrons. The molecule has 0 unspecified atom stereocenters. The van der Waals surface area contributed by atoms with Gasteiger partial charge in [-0.3, -0.25) is 14.6 Å². The molecule has 33 heavy (non-hydrogen) atoms. The lowest BCUT2D eigenvalue weighted by Gasteiger charge is -2.27. The van der Waals surface area contributed by atoms with Crippen LogP contribution in [0.1, 0.15) is 49.3 Å². The highest BCUT2D eigenvalue weighted by atomic mass is 79.9. The van der Waals surface area contributed by atoms with Crippen molar-refractivity contribution in [2.45, 2.75) is 34.6 Å². The second kappa shape index (κ2) is 14.5. The van der Waals surface area contributed by atoms with Crippen LogP contribution in [0.2, 0.25) is 0 Å². The Morgan fingerprint density at radius 3 is 2.24 bits per heavy atom. The number of aryl methyl sites for hydroxylation is 1. The fourth-order valence-corrected chi connectivity index (χ4v) is 3.81. The average molecular weight is 518 g/mol. The largest absolute Gasteiger partial charge is 0.370 e. The predicted octanol–water partition coefficient (Wildman–Crippen LogP) is 5.27. The maximum atomic E-state index is 12.1. The molecular formula is C26H37BrN4O2. The molecule has 0 fully saturated rings. The molecule has 0 saturated heterocycles. The van der Waals surface area contributed by atoms with Crippen molar-refractivity contribution in [2.24, 2.45) is 0 Å². The molecule has 0 N–H and O–H groups in total. The molecule has 0 aliphatic heterocycles. The summed E-state index contributed by atoms with van der Waals surface area (Å²) in [6, 6.07) is 9.52. The average Bonchev–Trinajstić information content (AvgIpc) is 2.82. The number of aromatic nitrogens is 1. The SMILES string of the molecule is CC.CCN(CCN(C=O)C/C(C)=C/c1c(Br)ccnc1C)c1ccc(C(=O)N(C)C)cc1. The van der Waals surface area contributed by atoms with Gasteiger partial charge in [0.2, 0.25) is 6.41 Å². The number of carbonyl (C=O) groups is 2. The molecule has 0 atom stereocenters. The van der Waals surface area contributed by atoms with Crippen LogP contribution in [0.4, 0.5) is 5.69 Å². The van der Waals surface area contributed by atoms with Crippen molar-refractivity contribution < 1.29 is 9.59 Å². The number of hydrogen-bond acceptors (Lipinski definition) is 4. The minimum atomic E-state index is -0.0144. The summed E-state index contributed by atoms with van der Waals surface area (Å²) < 4.78 is 0.991. The van der Waals surface area contributed by atoms with E-state index in [0.29, 0.717) is 25.2 Å². The first kappa shape index (κ1) is 28.4. The Kier molecular flexibility index (Phi) is 12.4. The Morgan fingerprint density at radius 2 is 1.73 bits per heavy atom. The van der Waals surface area contributed by atoms with Crippen LogP contribution in [0.25, 0.3) is 6.08 Å². The van der Waals surface area contributed by atoms with E-state index in [-0.39, 0.29) is 5.91 Å². The van der Waals surface area contributed by atoms with Gasteiger partial charge in [-0.1, -0.05) is 41.4 Å². The normalized spacial score (nSPS) is 10.7. The van der Waals surface area contributed by atoms with Gasteiger partial charge in [0, 0.05) is 73.5 Å². The molecule has 0 radical (unpaired) electrons. The first-order valence-corrected chi connectivity index (χ1v) is 12.1. The fourth-order valence-electron chi connectivity index (χ4n) is 3.29. The zero-order valence-corrected chi connectivity index (χ0v) is 22.5. The number of likely N-dealkylation sites (N-methyl/N-ethyl adjacent to an activating group) is 1. The Morgan fingerprint density at radius 1 is 1.09 bits per heavy atom. The van der Waals surface area contributed by atoms with Gasteiger partial charge in [-0.25, -0.2) is 0 Å². The highest BCUT2D eigenvalue weighted by Gasteiger charge is 2.11. The molecule has 2 amide bonds. The summed E-state index contributed by atoms with van der Waals surface area (Å²) >= 11 is 3.57. The van der Waals surface area contributed by atoms with Crippen molar-refractivity contribution in [2.75, 3.05) is 45.2 Å². The Balaban J connectivity index is 0.00000265. The number of carbonyl (C=O) groups excluding carboxylic acids is 2. The van der Waals surface area contributed by atoms with E-state index in [1.54, 1.807) is 30.1 Å². The highest BCUT2D eigenvalue weighted by molar-refractivity contribution is 9.10. The molecule has 1 heterocycles. The van der Waals surface area contributed by atoms with Crippen molar-refractivity contribution in [1.82, 2.24) is 14.8 Å². The zero-order chi connectivity index (χ0) is 25.0. The van der Waals surface area contributed by atoms with Crippen LogP contribution >= 0.6 is 15.9 Å². The van der Waals surface area contributed by atoms with Gasteiger partial charge < -0.3 is 14.7 Å². The Bertz CT molecular complexity index is 906. The lowest BCUT2D eigenvalue weighted by atomic mass is 10.1. The van der Waals surface area contributed by atoms with E-state index in [1.165, 1.54) is 0 Å². The van der Waals surface area contributed by atoms with Crippen molar-refractivity contribution in [1.29, 1.82) is 0 Å². The summed E-state index contributed by atoms with van der Waals surface area (Å²) in [4.78, 5) is 33.6. The zero-order valence-electron chi connectivity index (χ0n) is 20.9. The van der Waals surface area contributed by atoms with E-state index < -0.39 is 0 Å². The molecule has 0 aliphatic rings. The third-order valence-electron chi connectivity index (χ3n) is 5.05. The van der Waals surface area contributed by atoms with Gasteiger partial charge in [0.15, 0.2) is 0 Å². The van der Waals surface area contributed by atoms with Gasteiger partial charge >= 0.3 is 0 Å². The van der Waals surface area contributed by atoms with Crippen molar-refractivity contribution >= 4 is 40.0 Å². The van der Waals surface area contributed by atoms with E-state index in [1.807, 2.05) is 58.0 Å². The van der Waals surface area contributed by atoms with E-state index >= 15 is 0 Å². The minimum absolute atomic E-state index is 0.0144. The summed E-state index contributed by atoms with van der Waals surface area (Å²) in [5.41, 5.74) is 4.76. The number of pyridine rings is 1. The maximum absolute atomic E-state index is 12.1. The smallest absolute Gasteiger partial charge is 0.253 e. The van der Waals surface area contributed by atoms with Crippen LogP contribution in [-0.4, -0.2) is 67.4 Å². The van der Waals surface area contributed by atoms with E-state index in [2.05, 4.69) is 38.8 Å². The van der Waals surface area contributed by atoms with Gasteiger partial charge in [-0.15, -0.1) is 0 Å². The molecule has 0 saturated carbocycles. The van der Waals surface area contributed by atoms with Gasteiger partial charge in [0.05, 0.1) is 0 Å². The van der Waals surface area contributed by atoms with Gasteiger partial charge in [0.1, 0.15) is 0 Å². The number of hydrogen-bond donors (Lipinski definition) is 0. The first-order valence-electron chi connectivity index (χ1n) is 11.3. The van der Waals surface area contributed by atoms with Crippen LogP contribution in [0.15, 0.2) is 46.6 Å². The standard InChI is InChI=1S/C24H31BrN4O2.C2H6/c1-6-29(21-9-7-20(8-10-21)24(31)27(4)5)14-13-28(17-30)16-18(2)15-22-19(3)26-12-11-23(22)25;1-2/h7-12,15,17H,6,13-14,16H2,1-5H3;1-2H3/b18-15+;. The number of rotatable bonds is 10. The van der Waals surface area contributed by atoms with Gasteiger partial charge in [0.25, 0.3) is 5.91 Å². The van der Waals surface area contributed by atoms with E-state index in [4.69, 9.17) is 0 Å². The molecule has 0 bridgehead atoms. The molecule has 1 aromatic carbocycles. The van der Waals surface area contributed by atoms with Crippen molar-refractivity contribution in [3.05, 3.63) is 63.4 Å². The van der Waals surface area contributed by atoms with Crippen molar-refractivity contribution in [3.63, 3.8) is 0 Å². The lowest BCUT2D eigenvalue weighted by molar-refractivity contribution is -0.117. The fraction of sp³-hybridized carbons (Fsp3) is 0.423. The van der Waals surface area contributed by atoms with Crippen LogP contribution in [0, 0.1) is 6.92 Å². The summed E-state index contributed by atoms with van der Waals surface area (Å²) in [6.45, 7) is 12.7. The number of anilines is 1. The second-order valence-electron chi connectivity index (χ2n) is 7.68. The molecule has 2 rings (SSSR count). The maximum Gasteiger partial charge on any atom is 0.253 e. The Hall–Kier alpha value is -2.67. The topological polar surface area (TPSA) is 56.8 Å². The number of amides is 2. The van der Waals surface area contributed by atoms with Crippen molar-refractivity contribution in [3.8, 4) is 0 Å². The van der Waals surface area contributed by atoms with Crippen LogP contribution in [-0.2, 0) is 4.79 Å². The van der Waals surface area contributed by atoms with Gasteiger partial charge in [-0.2, -0.15) is 0 Å². The molecule has 0 aliphatic carbocycles. The van der Waals surface area contributed by atoms with E-state index in [9.17, 15) is 9.59 Å². The lowest BCUT2D eigenvalue weighted by Crippen LogP contribution is -2.35. The molecule has 2 aromatic rings. The first-order chi connectivity index (χ1) is 15.8. The summed E-state index contributed by atoms with van der Waals surface area (Å²) in [6.07, 6.45) is 4.74. The number of halogens is 1. The molecule has 6 nitrogen and oxygen atoms in total. The summed E-state index contributed by atoms with van der Waals surface area (Å²) in [5, 5.41) is 0. The Labute approximate surface area is 207 Å². The number of benzene rings is 1. The number of nitrogens with zero attached hydrogens (tertiary/aromatic N) is 4. The third-order valence-corrected chi connectivity index (χ3v) is 5.74. The highest BCUT2D eigenvalue weighted by Crippen LogP contribution is 2.21. The van der Waals surface area contributed by atoms with Gasteiger partial charge in [-0.05, 0) is 51.1 Å². The van der Waals surface area contributed by atoms with Crippen LogP contribution in [0.5, 0.6) is 0 Å². The van der Waals surface area contributed by atoms with E-state index in [0.717, 1.165) is 39.9 Å². The third kappa shape index (κ3) is 8.65. The molecule has 0 spiro atoms. The predicted molar refractivity (Wildman–Crippen MR) is 142 cm³/mol. The molecule has 1 aromatic heterocycles. The monoisotopic (exact) mass is 516 g/mol. The van der Waals surface area contributed by atoms with Crippen LogP contribution < -0.4 is 4.90 Å². The van der Waals surface area contributed by atoms with Crippen LogP contribution in [0.3, 0.4) is 0 Å². The second-order valence-corrected chi connectivity index (χ2v) is 8.54. The minimum Gasteiger partial charge on any atom is -0.370 e. The summed E-state index contributed by atoms with van der Waals surface area (Å²) in [5.74, 6) is -0.0144. The quantitative estimate of drug-likeness (QED) is 0.403. The molecule has 7 heteroatoms.